The molecule has 1 aromatic heterocycles. The molecule has 0 radical (unpaired) electrons. The van der Waals surface area contributed by atoms with Crippen LogP contribution in [0.1, 0.15) is 39.5 Å². The average molecular weight is 316 g/mol. The van der Waals surface area contributed by atoms with Gasteiger partial charge in [0.2, 0.25) is 11.8 Å². The molecule has 0 aliphatic rings. The summed E-state index contributed by atoms with van der Waals surface area (Å²) in [5, 5.41) is 12.9. The minimum Gasteiger partial charge on any atom is -0.437 e. The van der Waals surface area contributed by atoms with Crippen molar-refractivity contribution in [2.24, 2.45) is 5.92 Å². The third kappa shape index (κ3) is 5.53. The van der Waals surface area contributed by atoms with Gasteiger partial charge in [-0.3, -0.25) is 4.79 Å². The Labute approximate surface area is 136 Å². The molecule has 0 spiro atoms. The second-order valence-electron chi connectivity index (χ2n) is 6.50. The SMILES string of the molecule is CC(C)CCC(C)(O)CNC(=O)C=Cc1nc2ccccc2o1. The summed E-state index contributed by atoms with van der Waals surface area (Å²) in [6.45, 7) is 6.17. The number of oxazole rings is 1. The van der Waals surface area contributed by atoms with Crippen LogP contribution < -0.4 is 5.32 Å². The van der Waals surface area contributed by atoms with E-state index in [-0.39, 0.29) is 12.5 Å². The van der Waals surface area contributed by atoms with Crippen molar-refractivity contribution in [1.29, 1.82) is 0 Å². The Balaban J connectivity index is 1.86. The second-order valence-corrected chi connectivity index (χ2v) is 6.50. The number of hydrogen-bond acceptors (Lipinski definition) is 4. The average Bonchev–Trinajstić information content (AvgIpc) is 2.92. The molecular formula is C18H24N2O3. The smallest absolute Gasteiger partial charge is 0.244 e. The molecule has 5 nitrogen and oxygen atoms in total. The van der Waals surface area contributed by atoms with Gasteiger partial charge in [-0.15, -0.1) is 0 Å². The largest absolute Gasteiger partial charge is 0.437 e. The Morgan fingerprint density at radius 3 is 2.87 bits per heavy atom. The number of carbonyl (C=O) groups excluding carboxylic acids is 1. The van der Waals surface area contributed by atoms with E-state index in [0.29, 0.717) is 23.8 Å². The zero-order valence-electron chi connectivity index (χ0n) is 13.9. The number of aliphatic hydroxyl groups is 1. The van der Waals surface area contributed by atoms with Crippen molar-refractivity contribution in [3.05, 3.63) is 36.2 Å². The van der Waals surface area contributed by atoms with Gasteiger partial charge in [0, 0.05) is 18.7 Å². The van der Waals surface area contributed by atoms with Crippen molar-refractivity contribution in [2.45, 2.75) is 39.2 Å². The van der Waals surface area contributed by atoms with Gasteiger partial charge in [-0.05, 0) is 37.8 Å². The summed E-state index contributed by atoms with van der Waals surface area (Å²) < 4.78 is 5.50. The number of aromatic nitrogens is 1. The minimum absolute atomic E-state index is 0.219. The Hall–Kier alpha value is -2.14. The van der Waals surface area contributed by atoms with Gasteiger partial charge in [-0.1, -0.05) is 26.0 Å². The van der Waals surface area contributed by atoms with Crippen LogP contribution in [0, 0.1) is 5.92 Å². The van der Waals surface area contributed by atoms with Crippen molar-refractivity contribution in [1.82, 2.24) is 10.3 Å². The van der Waals surface area contributed by atoms with Crippen LogP contribution >= 0.6 is 0 Å². The van der Waals surface area contributed by atoms with Crippen LogP contribution in [0.15, 0.2) is 34.8 Å². The monoisotopic (exact) mass is 316 g/mol. The van der Waals surface area contributed by atoms with Gasteiger partial charge in [-0.25, -0.2) is 4.98 Å². The highest BCUT2D eigenvalue weighted by molar-refractivity contribution is 5.91. The van der Waals surface area contributed by atoms with E-state index in [1.165, 1.54) is 12.2 Å². The molecule has 2 aromatic rings. The maximum Gasteiger partial charge on any atom is 0.244 e. The standard InChI is InChI=1S/C18H24N2O3/c1-13(2)10-11-18(3,22)12-19-16(21)8-9-17-20-14-6-4-5-7-15(14)23-17/h4-9,13,22H,10-12H2,1-3H3,(H,19,21). The molecule has 1 aromatic carbocycles. The molecule has 2 N–H and O–H groups in total. The van der Waals surface area contributed by atoms with Gasteiger partial charge in [0.1, 0.15) is 5.52 Å². The maximum absolute atomic E-state index is 11.8. The lowest BCUT2D eigenvalue weighted by molar-refractivity contribution is -0.117. The molecule has 23 heavy (non-hydrogen) atoms. The number of para-hydroxylation sites is 2. The number of amides is 1. The van der Waals surface area contributed by atoms with Gasteiger partial charge in [0.05, 0.1) is 5.60 Å². The van der Waals surface area contributed by atoms with Gasteiger partial charge >= 0.3 is 0 Å². The zero-order chi connectivity index (χ0) is 16.9. The van der Waals surface area contributed by atoms with E-state index < -0.39 is 5.60 Å². The first-order valence-corrected chi connectivity index (χ1v) is 7.89. The van der Waals surface area contributed by atoms with E-state index in [1.54, 1.807) is 6.92 Å². The Bertz CT molecular complexity index is 653. The summed E-state index contributed by atoms with van der Waals surface area (Å²) in [6.07, 6.45) is 4.46. The van der Waals surface area contributed by atoms with Crippen LogP contribution in [0.25, 0.3) is 17.2 Å². The minimum atomic E-state index is -0.897. The van der Waals surface area contributed by atoms with Crippen LogP contribution in [-0.4, -0.2) is 28.1 Å². The van der Waals surface area contributed by atoms with Crippen LogP contribution in [0.2, 0.25) is 0 Å². The fourth-order valence-corrected chi connectivity index (χ4v) is 2.13. The van der Waals surface area contributed by atoms with E-state index in [4.69, 9.17) is 4.42 Å². The zero-order valence-corrected chi connectivity index (χ0v) is 13.9. The van der Waals surface area contributed by atoms with E-state index in [1.807, 2.05) is 24.3 Å². The highest BCUT2D eigenvalue weighted by atomic mass is 16.3. The number of benzene rings is 1. The number of nitrogens with zero attached hydrogens (tertiary/aromatic N) is 1. The third-order valence-corrected chi connectivity index (χ3v) is 3.59. The molecule has 5 heteroatoms. The molecule has 1 amide bonds. The first kappa shape index (κ1) is 17.2. The molecule has 124 valence electrons. The molecule has 0 saturated heterocycles. The van der Waals surface area contributed by atoms with Gasteiger partial charge in [-0.2, -0.15) is 0 Å². The van der Waals surface area contributed by atoms with E-state index in [0.717, 1.165) is 11.9 Å². The van der Waals surface area contributed by atoms with Crippen molar-refractivity contribution in [2.75, 3.05) is 6.54 Å². The molecule has 0 aliphatic heterocycles. The summed E-state index contributed by atoms with van der Waals surface area (Å²) in [7, 11) is 0. The lowest BCUT2D eigenvalue weighted by Crippen LogP contribution is -2.40. The predicted molar refractivity (Wildman–Crippen MR) is 90.7 cm³/mol. The number of fused-ring (bicyclic) bond motifs is 1. The summed E-state index contributed by atoms with van der Waals surface area (Å²) in [5.41, 5.74) is 0.541. The third-order valence-electron chi connectivity index (χ3n) is 3.59. The van der Waals surface area contributed by atoms with Crippen LogP contribution in [0.3, 0.4) is 0 Å². The van der Waals surface area contributed by atoms with Crippen LogP contribution in [0.4, 0.5) is 0 Å². The van der Waals surface area contributed by atoms with Crippen molar-refractivity contribution < 1.29 is 14.3 Å². The van der Waals surface area contributed by atoms with Crippen molar-refractivity contribution in [3.63, 3.8) is 0 Å². The molecule has 2 rings (SSSR count). The van der Waals surface area contributed by atoms with E-state index in [2.05, 4.69) is 24.1 Å². The Morgan fingerprint density at radius 1 is 1.43 bits per heavy atom. The normalized spacial score (nSPS) is 14.5. The summed E-state index contributed by atoms with van der Waals surface area (Å²) in [6, 6.07) is 7.42. The molecule has 1 heterocycles. The molecule has 0 saturated carbocycles. The lowest BCUT2D eigenvalue weighted by Gasteiger charge is -2.24. The molecule has 0 aliphatic carbocycles. The van der Waals surface area contributed by atoms with Crippen LogP contribution in [0.5, 0.6) is 0 Å². The Morgan fingerprint density at radius 2 is 2.17 bits per heavy atom. The molecule has 0 fully saturated rings. The van der Waals surface area contributed by atoms with Gasteiger partial charge in [0.15, 0.2) is 5.58 Å². The maximum atomic E-state index is 11.8. The first-order chi connectivity index (χ1) is 10.9. The second kappa shape index (κ2) is 7.42. The van der Waals surface area contributed by atoms with E-state index in [9.17, 15) is 9.90 Å². The quantitative estimate of drug-likeness (QED) is 0.769. The summed E-state index contributed by atoms with van der Waals surface area (Å²) >= 11 is 0. The first-order valence-electron chi connectivity index (χ1n) is 7.89. The number of hydrogen-bond donors (Lipinski definition) is 2. The van der Waals surface area contributed by atoms with E-state index >= 15 is 0 Å². The van der Waals surface area contributed by atoms with Crippen LogP contribution in [-0.2, 0) is 4.79 Å². The molecule has 0 bridgehead atoms. The summed E-state index contributed by atoms with van der Waals surface area (Å²) in [5.74, 6) is 0.626. The highest BCUT2D eigenvalue weighted by Crippen LogP contribution is 2.16. The van der Waals surface area contributed by atoms with Gasteiger partial charge < -0.3 is 14.8 Å². The fourth-order valence-electron chi connectivity index (χ4n) is 2.13. The summed E-state index contributed by atoms with van der Waals surface area (Å²) in [4.78, 5) is 16.1. The number of carbonyl (C=O) groups is 1. The molecule has 1 unspecified atom stereocenters. The molecular weight excluding hydrogens is 292 g/mol. The predicted octanol–water partition coefficient (Wildman–Crippen LogP) is 3.14. The highest BCUT2D eigenvalue weighted by Gasteiger charge is 2.20. The topological polar surface area (TPSA) is 75.4 Å². The number of rotatable bonds is 7. The lowest BCUT2D eigenvalue weighted by atomic mass is 9.95. The fraction of sp³-hybridized carbons (Fsp3) is 0.444. The van der Waals surface area contributed by atoms with Crippen molar-refractivity contribution in [3.8, 4) is 0 Å². The number of nitrogens with one attached hydrogen (secondary N) is 1. The Kier molecular flexibility index (Phi) is 5.55. The molecule has 1 atom stereocenters. The van der Waals surface area contributed by atoms with Gasteiger partial charge in [0.25, 0.3) is 0 Å². The van der Waals surface area contributed by atoms with Crippen molar-refractivity contribution >= 4 is 23.1 Å².